The Labute approximate surface area is 243 Å². The number of hydrogen-bond acceptors (Lipinski definition) is 9. The first kappa shape index (κ1) is 30.5. The third-order valence-corrected chi connectivity index (χ3v) is 11.2. The van der Waals surface area contributed by atoms with Crippen molar-refractivity contribution < 1.29 is 22.6 Å². The van der Waals surface area contributed by atoms with Crippen LogP contribution in [0.2, 0.25) is 0 Å². The second kappa shape index (κ2) is 12.8. The molecule has 41 heavy (non-hydrogen) atoms. The third kappa shape index (κ3) is 6.61. The average Bonchev–Trinajstić information content (AvgIpc) is 3.66. The van der Waals surface area contributed by atoms with Crippen molar-refractivity contribution >= 4 is 0 Å². The van der Waals surface area contributed by atoms with Crippen LogP contribution in [0.25, 0.3) is 0 Å². The molecule has 12 heteroatoms. The minimum atomic E-state index is -4.18. The Morgan fingerprint density at radius 3 is 2.29 bits per heavy atom. The first-order valence-corrected chi connectivity index (χ1v) is 16.0. The van der Waals surface area contributed by atoms with Crippen molar-refractivity contribution in [3.63, 3.8) is 0 Å². The number of hydrogen-bond donors (Lipinski definition) is 5. The molecule has 0 spiro atoms. The molecule has 2 aliphatic carbocycles. The van der Waals surface area contributed by atoms with Gasteiger partial charge >= 0.3 is 6.18 Å². The summed E-state index contributed by atoms with van der Waals surface area (Å²) in [5.74, 6) is 2.51. The molecule has 236 valence electrons. The number of ether oxygens (including phenoxy) is 2. The van der Waals surface area contributed by atoms with E-state index < -0.39 is 12.2 Å². The van der Waals surface area contributed by atoms with Gasteiger partial charge in [0.2, 0.25) is 0 Å². The highest BCUT2D eigenvalue weighted by Crippen LogP contribution is 2.42. The number of rotatable bonds is 9. The molecule has 0 amide bonds. The maximum Gasteiger partial charge on any atom is 0.405 e. The van der Waals surface area contributed by atoms with E-state index in [0.717, 1.165) is 64.5 Å². The molecular weight excluding hydrogens is 535 g/mol. The minimum Gasteiger partial charge on any atom is -0.383 e. The van der Waals surface area contributed by atoms with E-state index in [1.54, 1.807) is 7.11 Å². The standard InChI is InChI=1S/C29H52F3N7O2/c1-38-15-22(29(30,31)32)36-27(38)19-6-4-17(5-7-19)12-20-14-39(10-11-40-2)21-13-33-26(37-24(20)21)23-25(18-8-9-18)34-16-35-28(23)41-3/h17-28,33-37H,4-16H2,1-3H3. The first-order valence-electron chi connectivity index (χ1n) is 16.0. The predicted molar refractivity (Wildman–Crippen MR) is 151 cm³/mol. The lowest BCUT2D eigenvalue weighted by atomic mass is 9.75. The van der Waals surface area contributed by atoms with E-state index in [-0.39, 0.29) is 31.0 Å². The van der Waals surface area contributed by atoms with Gasteiger partial charge < -0.3 is 14.8 Å². The van der Waals surface area contributed by atoms with E-state index in [9.17, 15) is 13.2 Å². The number of halogens is 3. The fourth-order valence-corrected chi connectivity index (χ4v) is 8.99. The highest BCUT2D eigenvalue weighted by Gasteiger charge is 2.52. The maximum absolute atomic E-state index is 13.3. The summed E-state index contributed by atoms with van der Waals surface area (Å²) in [5.41, 5.74) is 0. The molecule has 9 nitrogen and oxygen atoms in total. The molecule has 4 saturated heterocycles. The highest BCUT2D eigenvalue weighted by molar-refractivity contribution is 5.08. The Morgan fingerprint density at radius 1 is 0.878 bits per heavy atom. The number of nitrogens with zero attached hydrogens (tertiary/aromatic N) is 2. The Kier molecular flexibility index (Phi) is 9.51. The molecule has 0 radical (unpaired) electrons. The predicted octanol–water partition coefficient (Wildman–Crippen LogP) is 1.33. The molecule has 0 aromatic heterocycles. The van der Waals surface area contributed by atoms with Crippen LogP contribution in [-0.2, 0) is 9.47 Å². The molecule has 4 heterocycles. The van der Waals surface area contributed by atoms with Crippen LogP contribution in [0.3, 0.4) is 0 Å². The molecule has 6 rings (SSSR count). The summed E-state index contributed by atoms with van der Waals surface area (Å²) in [5, 5.41) is 18.2. The molecule has 0 aromatic carbocycles. The molecule has 6 fully saturated rings. The Hall–Kier alpha value is -0.570. The lowest BCUT2D eigenvalue weighted by Crippen LogP contribution is -2.72. The fourth-order valence-electron chi connectivity index (χ4n) is 8.99. The van der Waals surface area contributed by atoms with Crippen LogP contribution < -0.4 is 26.6 Å². The van der Waals surface area contributed by atoms with Gasteiger partial charge in [0, 0.05) is 71.1 Å². The van der Waals surface area contributed by atoms with Crippen molar-refractivity contribution in [1.29, 1.82) is 0 Å². The summed E-state index contributed by atoms with van der Waals surface area (Å²) in [6, 6.07) is -0.121. The normalized spacial score (nSPS) is 44.8. The van der Waals surface area contributed by atoms with Gasteiger partial charge in [0.15, 0.2) is 0 Å². The van der Waals surface area contributed by atoms with Crippen LogP contribution in [0.5, 0.6) is 0 Å². The third-order valence-electron chi connectivity index (χ3n) is 11.2. The number of fused-ring (bicyclic) bond motifs is 1. The summed E-state index contributed by atoms with van der Waals surface area (Å²) < 4.78 is 51.4. The van der Waals surface area contributed by atoms with E-state index >= 15 is 0 Å². The van der Waals surface area contributed by atoms with Crippen LogP contribution in [0.4, 0.5) is 13.2 Å². The topological polar surface area (TPSA) is 85.1 Å². The molecule has 0 bridgehead atoms. The van der Waals surface area contributed by atoms with E-state index in [2.05, 4.69) is 31.5 Å². The molecule has 9 unspecified atom stereocenters. The highest BCUT2D eigenvalue weighted by atomic mass is 19.4. The quantitative estimate of drug-likeness (QED) is 0.275. The van der Waals surface area contributed by atoms with Crippen molar-refractivity contribution in [2.45, 2.75) is 93.8 Å². The van der Waals surface area contributed by atoms with Crippen molar-refractivity contribution in [1.82, 2.24) is 36.4 Å². The van der Waals surface area contributed by atoms with Crippen LogP contribution in [0.15, 0.2) is 0 Å². The van der Waals surface area contributed by atoms with E-state index in [4.69, 9.17) is 9.47 Å². The molecule has 4 aliphatic heterocycles. The molecule has 9 atom stereocenters. The fraction of sp³-hybridized carbons (Fsp3) is 1.00. The Balaban J connectivity index is 1.09. The van der Waals surface area contributed by atoms with Crippen LogP contribution in [0.1, 0.15) is 44.9 Å². The van der Waals surface area contributed by atoms with Gasteiger partial charge in [0.25, 0.3) is 0 Å². The zero-order valence-corrected chi connectivity index (χ0v) is 25.0. The van der Waals surface area contributed by atoms with E-state index in [1.165, 1.54) is 19.3 Å². The molecule has 2 saturated carbocycles. The monoisotopic (exact) mass is 587 g/mol. The second-order valence-corrected chi connectivity index (χ2v) is 13.7. The van der Waals surface area contributed by atoms with Gasteiger partial charge in [-0.15, -0.1) is 0 Å². The van der Waals surface area contributed by atoms with Gasteiger partial charge in [-0.2, -0.15) is 13.2 Å². The number of likely N-dealkylation sites (N-methyl/N-ethyl adjacent to an activating group) is 1. The minimum absolute atomic E-state index is 0.0161. The van der Waals surface area contributed by atoms with Crippen molar-refractivity contribution in [2.24, 2.45) is 29.6 Å². The zero-order valence-electron chi connectivity index (χ0n) is 25.0. The van der Waals surface area contributed by atoms with Gasteiger partial charge in [-0.25, -0.2) is 0 Å². The lowest BCUT2D eigenvalue weighted by Gasteiger charge is -2.48. The average molecular weight is 588 g/mol. The van der Waals surface area contributed by atoms with Gasteiger partial charge in [-0.3, -0.25) is 31.1 Å². The number of nitrogens with one attached hydrogen (secondary N) is 5. The van der Waals surface area contributed by atoms with E-state index in [1.807, 2.05) is 19.1 Å². The summed E-state index contributed by atoms with van der Waals surface area (Å²) >= 11 is 0. The second-order valence-electron chi connectivity index (χ2n) is 13.7. The molecule has 0 aromatic rings. The van der Waals surface area contributed by atoms with Gasteiger partial charge in [-0.05, 0) is 62.8 Å². The maximum atomic E-state index is 13.3. The zero-order chi connectivity index (χ0) is 28.7. The summed E-state index contributed by atoms with van der Waals surface area (Å²) in [6.45, 7) is 4.54. The SMILES string of the molecule is COCCN1CC(CC2CCC(C3NC(C(F)(F)F)CN3C)CC2)C2NC(C3C(OC)NCNC3C3CC3)NCC21. The van der Waals surface area contributed by atoms with Crippen LogP contribution >= 0.6 is 0 Å². The first-order chi connectivity index (χ1) is 19.8. The number of likely N-dealkylation sites (tertiary alicyclic amines) is 1. The Bertz CT molecular complexity index is 859. The molecule has 5 N–H and O–H groups in total. The summed E-state index contributed by atoms with van der Waals surface area (Å²) in [4.78, 5) is 4.49. The summed E-state index contributed by atoms with van der Waals surface area (Å²) in [7, 11) is 5.42. The number of alkyl halides is 3. The van der Waals surface area contributed by atoms with Gasteiger partial charge in [0.05, 0.1) is 18.9 Å². The van der Waals surface area contributed by atoms with E-state index in [0.29, 0.717) is 35.9 Å². The van der Waals surface area contributed by atoms with Crippen molar-refractivity contribution in [3.05, 3.63) is 0 Å². The number of methoxy groups -OCH3 is 2. The van der Waals surface area contributed by atoms with Crippen molar-refractivity contribution in [3.8, 4) is 0 Å². The molecule has 6 aliphatic rings. The van der Waals surface area contributed by atoms with Gasteiger partial charge in [0.1, 0.15) is 12.3 Å². The van der Waals surface area contributed by atoms with Gasteiger partial charge in [-0.1, -0.05) is 12.8 Å². The smallest absolute Gasteiger partial charge is 0.383 e. The largest absolute Gasteiger partial charge is 0.405 e. The molecular formula is C29H52F3N7O2. The summed E-state index contributed by atoms with van der Waals surface area (Å²) in [6.07, 6.45) is 3.82. The lowest BCUT2D eigenvalue weighted by molar-refractivity contribution is -0.150. The van der Waals surface area contributed by atoms with Crippen LogP contribution in [-0.4, -0.2) is 119 Å². The van der Waals surface area contributed by atoms with Crippen molar-refractivity contribution in [2.75, 3.05) is 60.7 Å². The van der Waals surface area contributed by atoms with Crippen LogP contribution in [0, 0.1) is 29.6 Å². The Morgan fingerprint density at radius 2 is 1.63 bits per heavy atom.